The van der Waals surface area contributed by atoms with E-state index in [9.17, 15) is 0 Å². The molecule has 1 unspecified atom stereocenters. The summed E-state index contributed by atoms with van der Waals surface area (Å²) in [5, 5.41) is 0. The fraction of sp³-hybridized carbons (Fsp3) is 0.348. The number of ether oxygens (including phenoxy) is 2. The van der Waals surface area contributed by atoms with Gasteiger partial charge in [-0.1, -0.05) is 12.1 Å². The summed E-state index contributed by atoms with van der Waals surface area (Å²) in [6.45, 7) is 7.47. The number of hydrogen-bond donors (Lipinski definition) is 0. The molecule has 1 heterocycles. The third-order valence-corrected chi connectivity index (χ3v) is 4.94. The maximum absolute atomic E-state index is 5.92. The lowest BCUT2D eigenvalue weighted by Crippen LogP contribution is -2.22. The van der Waals surface area contributed by atoms with Crippen molar-refractivity contribution >= 4 is 0 Å². The summed E-state index contributed by atoms with van der Waals surface area (Å²) in [4.78, 5) is 6.98. The zero-order chi connectivity index (χ0) is 20.1. The molecule has 5 heteroatoms. The second-order valence-corrected chi connectivity index (χ2v) is 6.85. The summed E-state index contributed by atoms with van der Waals surface area (Å²) < 4.78 is 16.8. The fourth-order valence-corrected chi connectivity index (χ4v) is 3.09. The molecule has 0 amide bonds. The molecule has 28 heavy (non-hydrogen) atoms. The number of aryl methyl sites for hydroxylation is 1. The van der Waals surface area contributed by atoms with Crippen molar-refractivity contribution in [2.24, 2.45) is 0 Å². The van der Waals surface area contributed by atoms with E-state index in [-0.39, 0.29) is 6.04 Å². The minimum Gasteiger partial charge on any atom is -0.497 e. The van der Waals surface area contributed by atoms with E-state index in [0.29, 0.717) is 19.0 Å². The van der Waals surface area contributed by atoms with Crippen LogP contribution >= 0.6 is 0 Å². The second kappa shape index (κ2) is 8.93. The van der Waals surface area contributed by atoms with Gasteiger partial charge < -0.3 is 13.9 Å². The summed E-state index contributed by atoms with van der Waals surface area (Å²) >= 11 is 0. The first-order valence-corrected chi connectivity index (χ1v) is 9.55. The molecule has 1 aromatic heterocycles. The summed E-state index contributed by atoms with van der Waals surface area (Å²) in [7, 11) is 3.78. The van der Waals surface area contributed by atoms with Gasteiger partial charge in [0, 0.05) is 18.2 Å². The molecule has 0 spiro atoms. The van der Waals surface area contributed by atoms with Crippen LogP contribution in [0.5, 0.6) is 11.5 Å². The van der Waals surface area contributed by atoms with Gasteiger partial charge in [0.1, 0.15) is 17.3 Å². The summed E-state index contributed by atoms with van der Waals surface area (Å²) in [6, 6.07) is 16.2. The van der Waals surface area contributed by atoms with Crippen LogP contribution in [0.1, 0.15) is 36.9 Å². The number of aromatic nitrogens is 1. The minimum atomic E-state index is 0.222. The van der Waals surface area contributed by atoms with Crippen LogP contribution in [0.25, 0.3) is 11.5 Å². The van der Waals surface area contributed by atoms with Gasteiger partial charge in [-0.2, -0.15) is 0 Å². The Morgan fingerprint density at radius 3 is 2.54 bits per heavy atom. The van der Waals surface area contributed by atoms with Gasteiger partial charge in [0.15, 0.2) is 0 Å². The average molecular weight is 380 g/mol. The molecule has 0 radical (unpaired) electrons. The Morgan fingerprint density at radius 2 is 1.86 bits per heavy atom. The van der Waals surface area contributed by atoms with Gasteiger partial charge in [-0.3, -0.25) is 4.90 Å². The van der Waals surface area contributed by atoms with E-state index < -0.39 is 0 Å². The van der Waals surface area contributed by atoms with Gasteiger partial charge in [0.25, 0.3) is 0 Å². The summed E-state index contributed by atoms with van der Waals surface area (Å²) in [5.74, 6) is 3.20. The summed E-state index contributed by atoms with van der Waals surface area (Å²) in [5.41, 5.74) is 3.09. The quantitative estimate of drug-likeness (QED) is 0.534. The molecule has 0 fully saturated rings. The van der Waals surface area contributed by atoms with Crippen LogP contribution in [0.3, 0.4) is 0 Å². The third-order valence-electron chi connectivity index (χ3n) is 4.94. The van der Waals surface area contributed by atoms with E-state index in [0.717, 1.165) is 28.5 Å². The molecule has 148 valence electrons. The topological polar surface area (TPSA) is 47.7 Å². The van der Waals surface area contributed by atoms with Crippen LogP contribution < -0.4 is 9.47 Å². The van der Waals surface area contributed by atoms with Crippen molar-refractivity contribution in [1.29, 1.82) is 0 Å². The molecular weight excluding hydrogens is 352 g/mol. The highest BCUT2D eigenvalue weighted by atomic mass is 16.5. The van der Waals surface area contributed by atoms with Gasteiger partial charge in [0.05, 0.1) is 19.4 Å². The number of nitrogens with zero attached hydrogens (tertiary/aromatic N) is 2. The van der Waals surface area contributed by atoms with Gasteiger partial charge in [-0.25, -0.2) is 4.98 Å². The van der Waals surface area contributed by atoms with E-state index in [2.05, 4.69) is 31.0 Å². The van der Waals surface area contributed by atoms with Crippen molar-refractivity contribution < 1.29 is 13.9 Å². The molecule has 0 N–H and O–H groups in total. The van der Waals surface area contributed by atoms with Crippen LogP contribution in [0.15, 0.2) is 52.9 Å². The second-order valence-electron chi connectivity index (χ2n) is 6.85. The lowest BCUT2D eigenvalue weighted by Gasteiger charge is -2.24. The Balaban J connectivity index is 1.73. The van der Waals surface area contributed by atoms with Gasteiger partial charge in [0.2, 0.25) is 5.89 Å². The maximum Gasteiger partial charge on any atom is 0.226 e. The normalized spacial score (nSPS) is 12.2. The predicted molar refractivity (Wildman–Crippen MR) is 111 cm³/mol. The highest BCUT2D eigenvalue weighted by Crippen LogP contribution is 2.27. The average Bonchev–Trinajstić information content (AvgIpc) is 3.08. The molecule has 0 saturated heterocycles. The molecule has 1 atom stereocenters. The lowest BCUT2D eigenvalue weighted by atomic mass is 10.1. The highest BCUT2D eigenvalue weighted by Gasteiger charge is 2.18. The number of hydrogen-bond acceptors (Lipinski definition) is 5. The lowest BCUT2D eigenvalue weighted by molar-refractivity contribution is 0.248. The number of methoxy groups -OCH3 is 1. The zero-order valence-corrected chi connectivity index (χ0v) is 17.2. The van der Waals surface area contributed by atoms with Crippen molar-refractivity contribution in [3.8, 4) is 23.0 Å². The molecule has 3 aromatic rings. The predicted octanol–water partition coefficient (Wildman–Crippen LogP) is 5.25. The molecule has 0 aliphatic rings. The first-order chi connectivity index (χ1) is 13.5. The van der Waals surface area contributed by atoms with Crippen molar-refractivity contribution in [1.82, 2.24) is 9.88 Å². The van der Waals surface area contributed by atoms with Crippen LogP contribution in [0.4, 0.5) is 0 Å². The Morgan fingerprint density at radius 1 is 1.11 bits per heavy atom. The Hall–Kier alpha value is -2.79. The number of oxazole rings is 1. The fourth-order valence-electron chi connectivity index (χ4n) is 3.09. The Bertz CT molecular complexity index is 902. The zero-order valence-electron chi connectivity index (χ0n) is 17.2. The van der Waals surface area contributed by atoms with Crippen molar-refractivity contribution in [2.75, 3.05) is 20.8 Å². The van der Waals surface area contributed by atoms with E-state index in [4.69, 9.17) is 18.9 Å². The Labute approximate surface area is 166 Å². The van der Waals surface area contributed by atoms with Crippen LogP contribution in [-0.2, 0) is 6.54 Å². The first kappa shape index (κ1) is 20.0. The van der Waals surface area contributed by atoms with Crippen molar-refractivity contribution in [3.63, 3.8) is 0 Å². The summed E-state index contributed by atoms with van der Waals surface area (Å²) in [6.07, 6.45) is 0. The van der Waals surface area contributed by atoms with Crippen LogP contribution in [-0.4, -0.2) is 30.6 Å². The molecule has 0 saturated carbocycles. The SMILES string of the molecule is CCOc1ccc(-c2nc(CN(C)C(C)c3cccc(OC)c3)c(C)o2)cc1. The molecule has 2 aromatic carbocycles. The van der Waals surface area contributed by atoms with Gasteiger partial charge >= 0.3 is 0 Å². The van der Waals surface area contributed by atoms with Gasteiger partial charge in [-0.15, -0.1) is 0 Å². The van der Waals surface area contributed by atoms with E-state index in [1.54, 1.807) is 7.11 Å². The largest absolute Gasteiger partial charge is 0.497 e. The van der Waals surface area contributed by atoms with Crippen LogP contribution in [0, 0.1) is 6.92 Å². The monoisotopic (exact) mass is 380 g/mol. The van der Waals surface area contributed by atoms with Gasteiger partial charge in [-0.05, 0) is 69.8 Å². The van der Waals surface area contributed by atoms with Crippen molar-refractivity contribution in [3.05, 3.63) is 65.5 Å². The highest BCUT2D eigenvalue weighted by molar-refractivity contribution is 5.55. The Kier molecular flexibility index (Phi) is 6.37. The minimum absolute atomic E-state index is 0.222. The smallest absolute Gasteiger partial charge is 0.226 e. The standard InChI is InChI=1S/C23H28N2O3/c1-6-27-20-12-10-18(11-13-20)23-24-22(17(3)28-23)15-25(4)16(2)19-8-7-9-21(14-19)26-5/h7-14,16H,6,15H2,1-5H3. The molecule has 0 bridgehead atoms. The molecule has 0 aliphatic carbocycles. The van der Waals surface area contributed by atoms with E-state index in [1.807, 2.05) is 50.2 Å². The molecule has 3 rings (SSSR count). The number of rotatable bonds is 8. The first-order valence-electron chi connectivity index (χ1n) is 9.55. The van der Waals surface area contributed by atoms with E-state index in [1.165, 1.54) is 5.56 Å². The molecule has 5 nitrogen and oxygen atoms in total. The number of benzene rings is 2. The van der Waals surface area contributed by atoms with Crippen molar-refractivity contribution in [2.45, 2.75) is 33.4 Å². The molecular formula is C23H28N2O3. The third kappa shape index (κ3) is 4.54. The maximum atomic E-state index is 5.92. The molecule has 0 aliphatic heterocycles. The van der Waals surface area contributed by atoms with E-state index >= 15 is 0 Å². The van der Waals surface area contributed by atoms with Crippen LogP contribution in [0.2, 0.25) is 0 Å².